The number of carboxylic acid groups (broad SMARTS) is 1. The molecule has 0 aliphatic carbocycles. The number of benzene rings is 4. The number of nitrogens with zero attached hydrogens (tertiary/aromatic N) is 3. The van der Waals surface area contributed by atoms with Crippen LogP contribution < -0.4 is 10.1 Å². The number of carbonyl (C=O) groups is 2. The number of aryl methyl sites for hydroxylation is 1. The van der Waals surface area contributed by atoms with Crippen LogP contribution in [0.2, 0.25) is 10.0 Å². The summed E-state index contributed by atoms with van der Waals surface area (Å²) in [6.07, 6.45) is 4.26. The average Bonchev–Trinajstić information content (AvgIpc) is 3.50. The van der Waals surface area contributed by atoms with Crippen LogP contribution in [0.3, 0.4) is 0 Å². The Hall–Kier alpha value is -5.10. The molecular weight excluding hydrogens is 635 g/mol. The number of unbranched alkanes of at least 4 members (excludes halogenated alkanes) is 1. The normalized spacial score (nSPS) is 11.4. The molecule has 0 saturated heterocycles. The van der Waals surface area contributed by atoms with Gasteiger partial charge in [-0.25, -0.2) is 9.78 Å². The van der Waals surface area contributed by atoms with Gasteiger partial charge in [-0.2, -0.15) is 5.26 Å². The molecule has 8 nitrogen and oxygen atoms in total. The second-order valence-corrected chi connectivity index (χ2v) is 11.9. The van der Waals surface area contributed by atoms with E-state index in [1.807, 2.05) is 36.5 Å². The third-order valence-electron chi connectivity index (χ3n) is 7.61. The molecule has 1 heterocycles. The molecule has 0 aliphatic heterocycles. The van der Waals surface area contributed by atoms with E-state index in [0.29, 0.717) is 51.4 Å². The van der Waals surface area contributed by atoms with Gasteiger partial charge in [0, 0.05) is 28.9 Å². The lowest BCUT2D eigenvalue weighted by molar-refractivity contribution is 0.0696. The number of hydrogen-bond acceptors (Lipinski definition) is 5. The standard InChI is InChI=1S/C37H32Cl2N4O4/c1-2-3-17-43-22-34(31-16-13-29(38)20-32(31)39)41-35(43)33(42-36(44)28-6-4-5-26(18-28)21-40)19-24-9-14-30(15-10-24)47-23-25-7-11-27(12-8-25)37(45)46/h4-16,18,20,22,33H,2-3,17,19,23H2,1H3,(H,42,44)(H,45,46)/t33-/m0/s1. The molecule has 238 valence electrons. The quantitative estimate of drug-likeness (QED) is 0.130. The molecule has 5 rings (SSSR count). The topological polar surface area (TPSA) is 117 Å². The van der Waals surface area contributed by atoms with Crippen LogP contribution in [0.5, 0.6) is 5.75 Å². The van der Waals surface area contributed by atoms with Crippen LogP contribution in [-0.2, 0) is 19.6 Å². The van der Waals surface area contributed by atoms with Gasteiger partial charge in [0.25, 0.3) is 5.91 Å². The van der Waals surface area contributed by atoms with E-state index in [9.17, 15) is 14.9 Å². The van der Waals surface area contributed by atoms with Crippen LogP contribution in [0.25, 0.3) is 11.3 Å². The Morgan fingerprint density at radius 1 is 0.979 bits per heavy atom. The number of amides is 1. The predicted octanol–water partition coefficient (Wildman–Crippen LogP) is 8.52. The first-order valence-corrected chi connectivity index (χ1v) is 15.9. The van der Waals surface area contributed by atoms with Crippen molar-refractivity contribution in [1.29, 1.82) is 5.26 Å². The zero-order valence-corrected chi connectivity index (χ0v) is 27.1. The summed E-state index contributed by atoms with van der Waals surface area (Å²) in [7, 11) is 0. The number of carbonyl (C=O) groups excluding carboxylic acids is 1. The fraction of sp³-hybridized carbons (Fsp3) is 0.189. The highest BCUT2D eigenvalue weighted by Crippen LogP contribution is 2.32. The zero-order chi connectivity index (χ0) is 33.3. The van der Waals surface area contributed by atoms with E-state index in [-0.39, 0.29) is 18.1 Å². The molecule has 1 aromatic heterocycles. The molecule has 0 bridgehead atoms. The first-order valence-electron chi connectivity index (χ1n) is 15.1. The predicted molar refractivity (Wildman–Crippen MR) is 182 cm³/mol. The van der Waals surface area contributed by atoms with E-state index in [4.69, 9.17) is 38.0 Å². The monoisotopic (exact) mass is 666 g/mol. The third kappa shape index (κ3) is 8.59. The van der Waals surface area contributed by atoms with Gasteiger partial charge in [-0.1, -0.05) is 66.9 Å². The zero-order valence-electron chi connectivity index (χ0n) is 25.6. The Kier molecular flexibility index (Phi) is 10.9. The highest BCUT2D eigenvalue weighted by Gasteiger charge is 2.24. The number of ether oxygens (including phenoxy) is 1. The second kappa shape index (κ2) is 15.5. The Balaban J connectivity index is 1.43. The lowest BCUT2D eigenvalue weighted by Gasteiger charge is -2.20. The van der Waals surface area contributed by atoms with Crippen LogP contribution in [0.4, 0.5) is 0 Å². The van der Waals surface area contributed by atoms with Crippen LogP contribution >= 0.6 is 23.2 Å². The molecule has 0 saturated carbocycles. The van der Waals surface area contributed by atoms with E-state index in [1.165, 1.54) is 0 Å². The van der Waals surface area contributed by atoms with Crippen LogP contribution in [0.15, 0.2) is 97.2 Å². The van der Waals surface area contributed by atoms with Gasteiger partial charge in [-0.15, -0.1) is 0 Å². The summed E-state index contributed by atoms with van der Waals surface area (Å²) in [5.74, 6) is 0.0247. The Bertz CT molecular complexity index is 1910. The van der Waals surface area contributed by atoms with Gasteiger partial charge in [0.1, 0.15) is 18.2 Å². The van der Waals surface area contributed by atoms with Crippen LogP contribution in [0.1, 0.15) is 69.0 Å². The summed E-state index contributed by atoms with van der Waals surface area (Å²) in [4.78, 5) is 29.7. The SMILES string of the molecule is CCCCn1cc(-c2ccc(Cl)cc2Cl)nc1[C@H](Cc1ccc(OCc2ccc(C(=O)O)cc2)cc1)NC(=O)c1cccc(C#N)c1. The highest BCUT2D eigenvalue weighted by atomic mass is 35.5. The van der Waals surface area contributed by atoms with Crippen molar-refractivity contribution in [3.63, 3.8) is 0 Å². The molecule has 0 radical (unpaired) electrons. The van der Waals surface area contributed by atoms with Crippen molar-refractivity contribution in [3.8, 4) is 23.1 Å². The maximum atomic E-state index is 13.6. The smallest absolute Gasteiger partial charge is 0.335 e. The number of aromatic carboxylic acids is 1. The number of imidazole rings is 1. The summed E-state index contributed by atoms with van der Waals surface area (Å²) in [6.45, 7) is 3.09. The summed E-state index contributed by atoms with van der Waals surface area (Å²) < 4.78 is 8.00. The first kappa shape index (κ1) is 33.3. The van der Waals surface area contributed by atoms with Crippen molar-refractivity contribution in [2.75, 3.05) is 0 Å². The van der Waals surface area contributed by atoms with Gasteiger partial charge in [0.05, 0.1) is 34.0 Å². The summed E-state index contributed by atoms with van der Waals surface area (Å²) in [6, 6.07) is 27.6. The fourth-order valence-electron chi connectivity index (χ4n) is 5.09. The molecular formula is C37H32Cl2N4O4. The van der Waals surface area contributed by atoms with Crippen LogP contribution in [-0.4, -0.2) is 26.5 Å². The lowest BCUT2D eigenvalue weighted by Crippen LogP contribution is -2.32. The number of nitrogens with one attached hydrogen (secondary N) is 1. The summed E-state index contributed by atoms with van der Waals surface area (Å²) in [5, 5.41) is 22.7. The number of carboxylic acids is 1. The van der Waals surface area contributed by atoms with Gasteiger partial charge in [-0.05, 0) is 84.6 Å². The molecule has 5 aromatic rings. The fourth-order valence-corrected chi connectivity index (χ4v) is 5.59. The third-order valence-corrected chi connectivity index (χ3v) is 8.16. The number of aromatic nitrogens is 2. The van der Waals surface area contributed by atoms with Crippen molar-refractivity contribution in [3.05, 3.63) is 141 Å². The van der Waals surface area contributed by atoms with Gasteiger partial charge >= 0.3 is 5.97 Å². The molecule has 0 unspecified atom stereocenters. The van der Waals surface area contributed by atoms with Crippen molar-refractivity contribution in [1.82, 2.24) is 14.9 Å². The van der Waals surface area contributed by atoms with E-state index in [2.05, 4.69) is 22.9 Å². The van der Waals surface area contributed by atoms with E-state index in [1.54, 1.807) is 60.7 Å². The van der Waals surface area contributed by atoms with Crippen molar-refractivity contribution >= 4 is 35.1 Å². The first-order chi connectivity index (χ1) is 22.7. The Morgan fingerprint density at radius 3 is 2.40 bits per heavy atom. The van der Waals surface area contributed by atoms with E-state index < -0.39 is 12.0 Å². The number of halogens is 2. The van der Waals surface area contributed by atoms with Gasteiger partial charge in [0.15, 0.2) is 0 Å². The minimum Gasteiger partial charge on any atom is -0.489 e. The van der Waals surface area contributed by atoms with Gasteiger partial charge in [0.2, 0.25) is 0 Å². The van der Waals surface area contributed by atoms with Gasteiger partial charge < -0.3 is 19.7 Å². The molecule has 47 heavy (non-hydrogen) atoms. The molecule has 0 fully saturated rings. The average molecular weight is 668 g/mol. The molecule has 0 aliphatic rings. The largest absolute Gasteiger partial charge is 0.489 e. The highest BCUT2D eigenvalue weighted by molar-refractivity contribution is 6.36. The minimum atomic E-state index is -0.976. The summed E-state index contributed by atoms with van der Waals surface area (Å²) in [5.41, 5.74) is 4.18. The molecule has 2 N–H and O–H groups in total. The Morgan fingerprint density at radius 2 is 1.72 bits per heavy atom. The van der Waals surface area contributed by atoms with Crippen LogP contribution in [0, 0.1) is 11.3 Å². The molecule has 1 atom stereocenters. The lowest BCUT2D eigenvalue weighted by atomic mass is 10.0. The molecule has 0 spiro atoms. The second-order valence-electron chi connectivity index (χ2n) is 11.0. The molecule has 1 amide bonds. The number of nitriles is 1. The molecule has 10 heteroatoms. The maximum Gasteiger partial charge on any atom is 0.335 e. The van der Waals surface area contributed by atoms with E-state index >= 15 is 0 Å². The Labute approximate surface area is 283 Å². The number of rotatable bonds is 13. The van der Waals surface area contributed by atoms with Crippen molar-refractivity contribution < 1.29 is 19.4 Å². The van der Waals surface area contributed by atoms with Gasteiger partial charge in [-0.3, -0.25) is 4.79 Å². The van der Waals surface area contributed by atoms with Crippen molar-refractivity contribution in [2.45, 2.75) is 45.4 Å². The summed E-state index contributed by atoms with van der Waals surface area (Å²) >= 11 is 12.7. The minimum absolute atomic E-state index is 0.219. The number of hydrogen-bond donors (Lipinski definition) is 2. The maximum absolute atomic E-state index is 13.6. The van der Waals surface area contributed by atoms with E-state index in [0.717, 1.165) is 29.5 Å². The van der Waals surface area contributed by atoms with Crippen molar-refractivity contribution in [2.24, 2.45) is 0 Å². The molecule has 4 aromatic carbocycles.